The predicted molar refractivity (Wildman–Crippen MR) is 101 cm³/mol. The molecule has 1 aliphatic rings. The number of fused-ring (bicyclic) bond motifs is 3. The van der Waals surface area contributed by atoms with Crippen LogP contribution < -0.4 is 0 Å². The molecule has 8 heteroatoms. The van der Waals surface area contributed by atoms with E-state index < -0.39 is 0 Å². The molecule has 126 valence electrons. The van der Waals surface area contributed by atoms with Crippen molar-refractivity contribution in [1.82, 2.24) is 20.1 Å². The monoisotopic (exact) mass is 386 g/mol. The highest BCUT2D eigenvalue weighted by molar-refractivity contribution is 7.98. The van der Waals surface area contributed by atoms with Crippen LogP contribution in [0.2, 0.25) is 0 Å². The minimum Gasteiger partial charge on any atom is -0.338 e. The van der Waals surface area contributed by atoms with Gasteiger partial charge in [-0.25, -0.2) is 9.97 Å². The molecule has 0 aromatic carbocycles. The molecule has 0 atom stereocenters. The Hall–Kier alpha value is -1.77. The Kier molecular flexibility index (Phi) is 3.83. The summed E-state index contributed by atoms with van der Waals surface area (Å²) in [7, 11) is 0. The first-order valence-electron chi connectivity index (χ1n) is 8.05. The summed E-state index contributed by atoms with van der Waals surface area (Å²) in [6.07, 6.45) is 3.55. The normalized spacial score (nSPS) is 13.6. The first-order valence-corrected chi connectivity index (χ1v) is 10.8. The maximum Gasteiger partial charge on any atom is 0.237 e. The highest BCUT2D eigenvalue weighted by atomic mass is 32.2. The summed E-state index contributed by atoms with van der Waals surface area (Å²) < 4.78 is 5.41. The van der Waals surface area contributed by atoms with Crippen molar-refractivity contribution in [3.8, 4) is 11.4 Å². The second kappa shape index (κ2) is 6.19. The molecular weight excluding hydrogens is 372 g/mol. The van der Waals surface area contributed by atoms with E-state index in [1.165, 1.54) is 28.7 Å². The molecule has 0 spiro atoms. The third-order valence-electron chi connectivity index (χ3n) is 4.22. The summed E-state index contributed by atoms with van der Waals surface area (Å²) in [5, 5.41) is 10.4. The van der Waals surface area contributed by atoms with Gasteiger partial charge in [-0.1, -0.05) is 16.9 Å². The lowest BCUT2D eigenvalue weighted by molar-refractivity contribution is 0.391. The number of aryl methyl sites for hydroxylation is 3. The largest absolute Gasteiger partial charge is 0.338 e. The zero-order valence-corrected chi connectivity index (χ0v) is 15.9. The molecule has 0 bridgehead atoms. The molecule has 0 radical (unpaired) electrons. The fraction of sp³-hybridized carbons (Fsp3) is 0.294. The van der Waals surface area contributed by atoms with Gasteiger partial charge in [0.1, 0.15) is 15.7 Å². The van der Waals surface area contributed by atoms with Crippen molar-refractivity contribution in [2.24, 2.45) is 0 Å². The molecule has 0 saturated heterocycles. The number of aromatic nitrogens is 4. The van der Waals surface area contributed by atoms with Crippen LogP contribution >= 0.6 is 34.4 Å². The van der Waals surface area contributed by atoms with Gasteiger partial charge in [0.25, 0.3) is 0 Å². The molecule has 0 N–H and O–H groups in total. The van der Waals surface area contributed by atoms with Crippen LogP contribution in [-0.2, 0) is 18.6 Å². The summed E-state index contributed by atoms with van der Waals surface area (Å²) in [6, 6.07) is 2.00. The molecule has 0 fully saturated rings. The van der Waals surface area contributed by atoms with Crippen molar-refractivity contribution in [3.05, 3.63) is 39.0 Å². The van der Waals surface area contributed by atoms with E-state index in [-0.39, 0.29) is 0 Å². The Morgan fingerprint density at radius 2 is 2.20 bits per heavy atom. The molecular formula is C17H14N4OS3. The molecule has 1 aliphatic carbocycles. The molecule has 25 heavy (non-hydrogen) atoms. The minimum absolute atomic E-state index is 0.618. The zero-order chi connectivity index (χ0) is 16.8. The van der Waals surface area contributed by atoms with Gasteiger partial charge < -0.3 is 4.52 Å². The second-order valence-corrected chi connectivity index (χ2v) is 8.75. The SMILES string of the molecule is Cc1nc(SCc2nc(-c3ccsc3)no2)c2c3c(sc2n1)CCC3. The fourth-order valence-corrected chi connectivity index (χ4v) is 6.07. The van der Waals surface area contributed by atoms with Crippen LogP contribution in [0, 0.1) is 6.92 Å². The van der Waals surface area contributed by atoms with Gasteiger partial charge in [0.15, 0.2) is 0 Å². The average Bonchev–Trinajstić information content (AvgIpc) is 3.34. The van der Waals surface area contributed by atoms with Gasteiger partial charge in [0.2, 0.25) is 11.7 Å². The Bertz CT molecular complexity index is 1050. The van der Waals surface area contributed by atoms with Gasteiger partial charge in [-0.05, 0) is 43.2 Å². The molecule has 0 aliphatic heterocycles. The molecule has 0 saturated carbocycles. The molecule has 0 unspecified atom stereocenters. The summed E-state index contributed by atoms with van der Waals surface area (Å²) in [5.41, 5.74) is 2.45. The highest BCUT2D eigenvalue weighted by Crippen LogP contribution is 2.41. The van der Waals surface area contributed by atoms with Gasteiger partial charge in [-0.15, -0.1) is 11.3 Å². The predicted octanol–water partition coefficient (Wildman–Crippen LogP) is 4.89. The summed E-state index contributed by atoms with van der Waals surface area (Å²) in [4.78, 5) is 16.4. The van der Waals surface area contributed by atoms with Gasteiger partial charge in [-0.2, -0.15) is 16.3 Å². The number of thioether (sulfide) groups is 1. The maximum absolute atomic E-state index is 5.41. The lowest BCUT2D eigenvalue weighted by Crippen LogP contribution is -1.93. The van der Waals surface area contributed by atoms with E-state index in [0.717, 1.165) is 27.7 Å². The van der Waals surface area contributed by atoms with E-state index in [1.807, 2.05) is 35.1 Å². The minimum atomic E-state index is 0.618. The first kappa shape index (κ1) is 15.5. The zero-order valence-electron chi connectivity index (χ0n) is 13.5. The number of rotatable bonds is 4. The van der Waals surface area contributed by atoms with Crippen molar-refractivity contribution >= 4 is 44.7 Å². The van der Waals surface area contributed by atoms with Crippen LogP contribution in [0.3, 0.4) is 0 Å². The van der Waals surface area contributed by atoms with Gasteiger partial charge in [-0.3, -0.25) is 0 Å². The van der Waals surface area contributed by atoms with Gasteiger partial charge in [0, 0.05) is 21.2 Å². The van der Waals surface area contributed by atoms with Crippen LogP contribution in [0.4, 0.5) is 0 Å². The Morgan fingerprint density at radius 1 is 1.24 bits per heavy atom. The van der Waals surface area contributed by atoms with E-state index in [0.29, 0.717) is 17.5 Å². The van der Waals surface area contributed by atoms with Crippen molar-refractivity contribution < 1.29 is 4.52 Å². The third kappa shape index (κ3) is 2.78. The third-order valence-corrected chi connectivity index (χ3v) is 7.05. The van der Waals surface area contributed by atoms with Crippen molar-refractivity contribution in [1.29, 1.82) is 0 Å². The topological polar surface area (TPSA) is 64.7 Å². The van der Waals surface area contributed by atoms with E-state index in [1.54, 1.807) is 23.1 Å². The van der Waals surface area contributed by atoms with Crippen LogP contribution in [0.15, 0.2) is 26.4 Å². The molecule has 4 aromatic heterocycles. The molecule has 5 nitrogen and oxygen atoms in total. The smallest absolute Gasteiger partial charge is 0.237 e. The summed E-state index contributed by atoms with van der Waals surface area (Å²) in [5.74, 6) is 2.71. The summed E-state index contributed by atoms with van der Waals surface area (Å²) in [6.45, 7) is 1.95. The highest BCUT2D eigenvalue weighted by Gasteiger charge is 2.22. The van der Waals surface area contributed by atoms with Gasteiger partial charge in [0.05, 0.1) is 5.75 Å². The average molecular weight is 387 g/mol. The van der Waals surface area contributed by atoms with E-state index >= 15 is 0 Å². The number of nitrogens with zero attached hydrogens (tertiary/aromatic N) is 4. The lowest BCUT2D eigenvalue weighted by atomic mass is 10.2. The Balaban J connectivity index is 1.44. The van der Waals surface area contributed by atoms with E-state index in [2.05, 4.69) is 15.1 Å². The fourth-order valence-electron chi connectivity index (χ4n) is 3.12. The molecule has 5 rings (SSSR count). The first-order chi connectivity index (χ1) is 12.3. The van der Waals surface area contributed by atoms with Crippen molar-refractivity contribution in [2.45, 2.75) is 37.0 Å². The lowest BCUT2D eigenvalue weighted by Gasteiger charge is -2.03. The number of hydrogen-bond donors (Lipinski definition) is 0. The maximum atomic E-state index is 5.41. The molecule has 0 amide bonds. The standard InChI is InChI=1S/C17H14N4OS3/c1-9-18-16(14-11-3-2-4-12(11)25-17(14)19-9)24-8-13-20-15(21-22-13)10-5-6-23-7-10/h5-7H,2-4,8H2,1H3. The molecule has 4 aromatic rings. The van der Waals surface area contributed by atoms with Crippen LogP contribution in [0.5, 0.6) is 0 Å². The van der Waals surface area contributed by atoms with E-state index in [4.69, 9.17) is 9.51 Å². The number of hydrogen-bond acceptors (Lipinski definition) is 8. The second-order valence-electron chi connectivity index (χ2n) is 5.93. The summed E-state index contributed by atoms with van der Waals surface area (Å²) >= 11 is 5.11. The number of thiophene rings is 2. The van der Waals surface area contributed by atoms with Crippen LogP contribution in [0.1, 0.15) is 28.6 Å². The molecule has 4 heterocycles. The quantitative estimate of drug-likeness (QED) is 0.367. The van der Waals surface area contributed by atoms with Crippen LogP contribution in [-0.4, -0.2) is 20.1 Å². The van der Waals surface area contributed by atoms with Crippen molar-refractivity contribution in [2.75, 3.05) is 0 Å². The van der Waals surface area contributed by atoms with Crippen LogP contribution in [0.25, 0.3) is 21.6 Å². The van der Waals surface area contributed by atoms with Crippen molar-refractivity contribution in [3.63, 3.8) is 0 Å². The van der Waals surface area contributed by atoms with Gasteiger partial charge >= 0.3 is 0 Å². The Labute approximate surface area is 156 Å². The van der Waals surface area contributed by atoms with E-state index in [9.17, 15) is 0 Å². The Morgan fingerprint density at radius 3 is 3.08 bits per heavy atom.